The number of carbonyl (C=O) groups is 1. The molecule has 0 spiro atoms. The fraction of sp³-hybridized carbons (Fsp3) is 0.500. The van der Waals surface area contributed by atoms with Crippen molar-refractivity contribution in [2.45, 2.75) is 25.0 Å². The Balaban J connectivity index is 0.00000220. The highest BCUT2D eigenvalue weighted by atomic mass is 79.9. The Hall–Kier alpha value is -0.330. The Morgan fingerprint density at radius 1 is 1.57 bits per heavy atom. The SMILES string of the molecule is COC1CCN(C(=O)c2ccc(Cl)cc2Br)C(CN)C1.Cl. The van der Waals surface area contributed by atoms with E-state index in [2.05, 4.69) is 15.9 Å². The molecule has 1 aromatic carbocycles. The molecule has 0 aliphatic carbocycles. The van der Waals surface area contributed by atoms with Gasteiger partial charge in [-0.15, -0.1) is 12.4 Å². The summed E-state index contributed by atoms with van der Waals surface area (Å²) >= 11 is 9.30. The minimum Gasteiger partial charge on any atom is -0.381 e. The number of nitrogens with two attached hydrogens (primary N) is 1. The molecule has 0 aromatic heterocycles. The van der Waals surface area contributed by atoms with Crippen LogP contribution in [0.4, 0.5) is 0 Å². The standard InChI is InChI=1S/C14H18BrClN2O2.ClH/c1-20-11-4-5-18(10(7-11)8-17)14(19)12-3-2-9(16)6-13(12)15;/h2-3,6,10-11H,4-5,7-8,17H2,1H3;1H. The first-order valence-electron chi connectivity index (χ1n) is 6.55. The van der Waals surface area contributed by atoms with Crippen molar-refractivity contribution in [3.8, 4) is 0 Å². The van der Waals surface area contributed by atoms with E-state index in [0.29, 0.717) is 28.1 Å². The number of methoxy groups -OCH3 is 1. The van der Waals surface area contributed by atoms with Gasteiger partial charge >= 0.3 is 0 Å². The molecule has 0 bridgehead atoms. The summed E-state index contributed by atoms with van der Waals surface area (Å²) in [6.45, 7) is 1.10. The maximum Gasteiger partial charge on any atom is 0.255 e. The zero-order valence-electron chi connectivity index (χ0n) is 11.7. The predicted molar refractivity (Wildman–Crippen MR) is 90.3 cm³/mol. The summed E-state index contributed by atoms with van der Waals surface area (Å²) in [7, 11) is 1.70. The zero-order valence-corrected chi connectivity index (χ0v) is 14.9. The fourth-order valence-electron chi connectivity index (χ4n) is 2.54. The number of nitrogens with zero attached hydrogens (tertiary/aromatic N) is 1. The van der Waals surface area contributed by atoms with Gasteiger partial charge in [-0.2, -0.15) is 0 Å². The summed E-state index contributed by atoms with van der Waals surface area (Å²) in [4.78, 5) is 14.5. The van der Waals surface area contributed by atoms with Gasteiger partial charge in [-0.1, -0.05) is 11.6 Å². The summed E-state index contributed by atoms with van der Waals surface area (Å²) in [5.74, 6) is -0.0152. The van der Waals surface area contributed by atoms with Gasteiger partial charge < -0.3 is 15.4 Å². The molecule has 2 atom stereocenters. The van der Waals surface area contributed by atoms with E-state index in [-0.39, 0.29) is 30.5 Å². The number of ether oxygens (including phenoxy) is 1. The molecular formula is C14H19BrCl2N2O2. The summed E-state index contributed by atoms with van der Waals surface area (Å²) in [6.07, 6.45) is 1.80. The van der Waals surface area contributed by atoms with E-state index >= 15 is 0 Å². The molecule has 7 heteroatoms. The summed E-state index contributed by atoms with van der Waals surface area (Å²) < 4.78 is 6.08. The molecule has 1 heterocycles. The van der Waals surface area contributed by atoms with Gasteiger partial charge in [0.15, 0.2) is 0 Å². The molecule has 0 saturated carbocycles. The van der Waals surface area contributed by atoms with Crippen LogP contribution in [0.5, 0.6) is 0 Å². The summed E-state index contributed by atoms with van der Waals surface area (Å²) in [6, 6.07) is 5.21. The Kier molecular flexibility index (Phi) is 7.44. The maximum atomic E-state index is 12.7. The van der Waals surface area contributed by atoms with Crippen molar-refractivity contribution in [3.05, 3.63) is 33.3 Å². The molecular weight excluding hydrogens is 379 g/mol. The van der Waals surface area contributed by atoms with Crippen molar-refractivity contribution in [2.24, 2.45) is 5.73 Å². The molecule has 2 rings (SSSR count). The topological polar surface area (TPSA) is 55.6 Å². The third kappa shape index (κ3) is 4.33. The van der Waals surface area contributed by atoms with Crippen LogP contribution in [0.15, 0.2) is 22.7 Å². The number of halogens is 3. The quantitative estimate of drug-likeness (QED) is 0.852. The number of rotatable bonds is 3. The first kappa shape index (κ1) is 18.7. The third-order valence-electron chi connectivity index (χ3n) is 3.70. The predicted octanol–water partition coefficient (Wildman–Crippen LogP) is 3.10. The molecule has 1 aromatic rings. The number of hydrogen-bond acceptors (Lipinski definition) is 3. The lowest BCUT2D eigenvalue weighted by Crippen LogP contribution is -2.51. The molecule has 0 radical (unpaired) electrons. The lowest BCUT2D eigenvalue weighted by Gasteiger charge is -2.38. The van der Waals surface area contributed by atoms with Gasteiger partial charge in [0.2, 0.25) is 0 Å². The molecule has 2 unspecified atom stereocenters. The van der Waals surface area contributed by atoms with Crippen LogP contribution in [0.25, 0.3) is 0 Å². The number of likely N-dealkylation sites (tertiary alicyclic amines) is 1. The van der Waals surface area contributed by atoms with E-state index in [4.69, 9.17) is 22.1 Å². The number of benzene rings is 1. The van der Waals surface area contributed by atoms with Gasteiger partial charge in [0, 0.05) is 35.7 Å². The van der Waals surface area contributed by atoms with Crippen LogP contribution in [0, 0.1) is 0 Å². The van der Waals surface area contributed by atoms with Crippen LogP contribution >= 0.6 is 39.9 Å². The molecule has 1 fully saturated rings. The average Bonchev–Trinajstić information content (AvgIpc) is 2.46. The Morgan fingerprint density at radius 2 is 2.29 bits per heavy atom. The van der Waals surface area contributed by atoms with Gasteiger partial charge in [-0.3, -0.25) is 4.79 Å². The van der Waals surface area contributed by atoms with Crippen molar-refractivity contribution in [1.29, 1.82) is 0 Å². The Morgan fingerprint density at radius 3 is 2.86 bits per heavy atom. The molecule has 1 saturated heterocycles. The van der Waals surface area contributed by atoms with Gasteiger partial charge in [0.25, 0.3) is 5.91 Å². The van der Waals surface area contributed by atoms with Crippen LogP contribution in [0.3, 0.4) is 0 Å². The molecule has 21 heavy (non-hydrogen) atoms. The van der Waals surface area contributed by atoms with Crippen molar-refractivity contribution in [2.75, 3.05) is 20.2 Å². The van der Waals surface area contributed by atoms with Gasteiger partial charge in [0.1, 0.15) is 0 Å². The zero-order chi connectivity index (χ0) is 14.7. The monoisotopic (exact) mass is 396 g/mol. The summed E-state index contributed by atoms with van der Waals surface area (Å²) in [5.41, 5.74) is 6.42. The Bertz CT molecular complexity index is 502. The lowest BCUT2D eigenvalue weighted by atomic mass is 9.98. The summed E-state index contributed by atoms with van der Waals surface area (Å²) in [5, 5.41) is 0.599. The van der Waals surface area contributed by atoms with E-state index in [0.717, 1.165) is 12.8 Å². The van der Waals surface area contributed by atoms with E-state index < -0.39 is 0 Å². The van der Waals surface area contributed by atoms with E-state index in [1.54, 1.807) is 25.3 Å². The first-order valence-corrected chi connectivity index (χ1v) is 7.72. The highest BCUT2D eigenvalue weighted by Gasteiger charge is 2.31. The highest BCUT2D eigenvalue weighted by Crippen LogP contribution is 2.26. The molecule has 1 aliphatic rings. The number of carbonyl (C=O) groups excluding carboxylic acids is 1. The van der Waals surface area contributed by atoms with E-state index in [1.807, 2.05) is 4.90 Å². The number of hydrogen-bond donors (Lipinski definition) is 1. The smallest absolute Gasteiger partial charge is 0.255 e. The van der Waals surface area contributed by atoms with Crippen molar-refractivity contribution < 1.29 is 9.53 Å². The van der Waals surface area contributed by atoms with E-state index in [9.17, 15) is 4.79 Å². The minimum atomic E-state index is -0.0152. The maximum absolute atomic E-state index is 12.7. The largest absolute Gasteiger partial charge is 0.381 e. The van der Waals surface area contributed by atoms with Gasteiger partial charge in [-0.25, -0.2) is 0 Å². The van der Waals surface area contributed by atoms with E-state index in [1.165, 1.54) is 0 Å². The average molecular weight is 398 g/mol. The Labute approximate surface area is 144 Å². The van der Waals surface area contributed by atoms with Gasteiger partial charge in [0.05, 0.1) is 11.7 Å². The lowest BCUT2D eigenvalue weighted by molar-refractivity contribution is 0.0138. The molecule has 1 amide bonds. The highest BCUT2D eigenvalue weighted by molar-refractivity contribution is 9.10. The molecule has 1 aliphatic heterocycles. The first-order chi connectivity index (χ1) is 9.56. The molecule has 118 valence electrons. The van der Waals surface area contributed by atoms with Crippen LogP contribution < -0.4 is 5.73 Å². The van der Waals surface area contributed by atoms with Crippen molar-refractivity contribution in [1.82, 2.24) is 4.90 Å². The fourth-order valence-corrected chi connectivity index (χ4v) is 3.39. The second-order valence-corrected chi connectivity index (χ2v) is 6.19. The van der Waals surface area contributed by atoms with Crippen LogP contribution in [-0.2, 0) is 4.74 Å². The second kappa shape index (κ2) is 8.34. The van der Waals surface area contributed by atoms with Crippen molar-refractivity contribution in [3.63, 3.8) is 0 Å². The minimum absolute atomic E-state index is 0. The van der Waals surface area contributed by atoms with Crippen LogP contribution in [0.1, 0.15) is 23.2 Å². The number of piperidine rings is 1. The van der Waals surface area contributed by atoms with Crippen molar-refractivity contribution >= 4 is 45.8 Å². The van der Waals surface area contributed by atoms with Gasteiger partial charge in [-0.05, 0) is 47.0 Å². The van der Waals surface area contributed by atoms with Crippen LogP contribution in [-0.4, -0.2) is 43.2 Å². The normalized spacial score (nSPS) is 21.8. The number of amides is 1. The molecule has 4 nitrogen and oxygen atoms in total. The second-order valence-electron chi connectivity index (χ2n) is 4.89. The van der Waals surface area contributed by atoms with Crippen LogP contribution in [0.2, 0.25) is 5.02 Å². The molecule has 2 N–H and O–H groups in total. The third-order valence-corrected chi connectivity index (χ3v) is 4.59.